The van der Waals surface area contributed by atoms with Gasteiger partial charge in [0.2, 0.25) is 11.8 Å². The minimum absolute atomic E-state index is 0.0472. The van der Waals surface area contributed by atoms with Gasteiger partial charge in [-0.1, -0.05) is 18.2 Å². The van der Waals surface area contributed by atoms with E-state index in [4.69, 9.17) is 28.8 Å². The van der Waals surface area contributed by atoms with Crippen molar-refractivity contribution in [1.82, 2.24) is 10.6 Å². The van der Waals surface area contributed by atoms with Crippen LogP contribution in [0.5, 0.6) is 0 Å². The summed E-state index contributed by atoms with van der Waals surface area (Å²) in [4.78, 5) is 53.0. The quantitative estimate of drug-likeness (QED) is 0.0893. The molecule has 0 unspecified atom stereocenters. The maximum absolute atomic E-state index is 13.8. The van der Waals surface area contributed by atoms with Crippen LogP contribution in [0.15, 0.2) is 42.2 Å². The normalized spacial score (nSPS) is 24.2. The molecule has 5 rings (SSSR count). The Kier molecular flexibility index (Phi) is 12.8. The molecule has 5 N–H and O–H groups in total. The molecule has 6 atom stereocenters. The second-order valence-corrected chi connectivity index (χ2v) is 15.0. The van der Waals surface area contributed by atoms with Crippen molar-refractivity contribution in [2.24, 2.45) is 11.8 Å². The summed E-state index contributed by atoms with van der Waals surface area (Å²) in [6.45, 7) is 6.02. The van der Waals surface area contributed by atoms with Crippen LogP contribution in [-0.2, 0) is 38.1 Å². The Hall–Kier alpha value is -3.82. The van der Waals surface area contributed by atoms with Crippen LogP contribution in [0, 0.1) is 11.8 Å². The van der Waals surface area contributed by atoms with E-state index >= 15 is 0 Å². The minimum Gasteiger partial charge on any atom is -0.499 e. The number of ether oxygens (including phenoxy) is 5. The van der Waals surface area contributed by atoms with Gasteiger partial charge in [-0.15, -0.1) is 0 Å². The topological polar surface area (TPSA) is 199 Å². The number of carbonyl (C=O) groups excluding carboxylic acids is 4. The van der Waals surface area contributed by atoms with Crippen LogP contribution in [0.4, 0.5) is 0 Å². The molecule has 2 saturated carbocycles. The first-order valence-corrected chi connectivity index (χ1v) is 18.1. The number of hydrogen-bond acceptors (Lipinski definition) is 12. The predicted molar refractivity (Wildman–Crippen MR) is 186 cm³/mol. The van der Waals surface area contributed by atoms with Gasteiger partial charge >= 0.3 is 11.9 Å². The molecule has 0 radical (unpaired) electrons. The molecule has 1 aromatic rings. The lowest BCUT2D eigenvalue weighted by molar-refractivity contribution is -0.209. The van der Waals surface area contributed by atoms with Crippen molar-refractivity contribution in [2.75, 3.05) is 19.8 Å². The molecular formula is C38H52N2O12. The summed E-state index contributed by atoms with van der Waals surface area (Å²) in [5, 5.41) is 34.7. The van der Waals surface area contributed by atoms with Gasteiger partial charge in [-0.3, -0.25) is 14.4 Å². The first-order valence-electron chi connectivity index (χ1n) is 18.1. The predicted octanol–water partition coefficient (Wildman–Crippen LogP) is 2.29. The molecule has 1 aromatic carbocycles. The van der Waals surface area contributed by atoms with E-state index in [0.717, 1.165) is 25.7 Å². The van der Waals surface area contributed by atoms with Crippen LogP contribution in [0.1, 0.15) is 88.6 Å². The zero-order chi connectivity index (χ0) is 37.6. The number of rotatable bonds is 17. The summed E-state index contributed by atoms with van der Waals surface area (Å²) >= 11 is 0. The van der Waals surface area contributed by atoms with Gasteiger partial charge in [0.1, 0.15) is 36.6 Å². The summed E-state index contributed by atoms with van der Waals surface area (Å²) in [7, 11) is 0. The summed E-state index contributed by atoms with van der Waals surface area (Å²) in [6.07, 6.45) is 4.78. The molecule has 2 amide bonds. The molecule has 0 spiro atoms. The number of fused-ring (bicyclic) bond motifs is 1. The van der Waals surface area contributed by atoms with Crippen LogP contribution >= 0.6 is 0 Å². The molecule has 52 heavy (non-hydrogen) atoms. The summed E-state index contributed by atoms with van der Waals surface area (Å²) in [5.74, 6) is -2.97. The number of benzene rings is 1. The zero-order valence-electron chi connectivity index (χ0n) is 30.2. The summed E-state index contributed by atoms with van der Waals surface area (Å²) in [5.41, 5.74) is 0.289. The minimum atomic E-state index is -1.41. The van der Waals surface area contributed by atoms with E-state index in [-0.39, 0.29) is 55.4 Å². The summed E-state index contributed by atoms with van der Waals surface area (Å²) in [6, 6.07) is 4.55. The van der Waals surface area contributed by atoms with E-state index in [9.17, 15) is 29.4 Å². The molecule has 3 fully saturated rings. The second-order valence-electron chi connectivity index (χ2n) is 15.0. The number of carbonyl (C=O) groups is 4. The van der Waals surface area contributed by atoms with Gasteiger partial charge in [-0.2, -0.15) is 0 Å². The second kappa shape index (κ2) is 16.9. The number of aliphatic hydroxyl groups excluding tert-OH is 3. The smallest absolute Gasteiger partial charge is 0.339 e. The molecule has 14 heteroatoms. The van der Waals surface area contributed by atoms with Crippen LogP contribution in [0.25, 0.3) is 6.08 Å². The number of aliphatic hydroxyl groups is 3. The molecule has 1 aliphatic heterocycles. The highest BCUT2D eigenvalue weighted by Gasteiger charge is 2.64. The number of amides is 2. The van der Waals surface area contributed by atoms with Crippen molar-refractivity contribution in [3.63, 3.8) is 0 Å². The van der Waals surface area contributed by atoms with E-state index in [2.05, 4.69) is 10.6 Å². The molecule has 0 bridgehead atoms. The van der Waals surface area contributed by atoms with Crippen molar-refractivity contribution in [3.05, 3.63) is 53.3 Å². The van der Waals surface area contributed by atoms with Crippen molar-refractivity contribution >= 4 is 29.8 Å². The summed E-state index contributed by atoms with van der Waals surface area (Å²) < 4.78 is 30.0. The first-order chi connectivity index (χ1) is 24.7. The molecule has 14 nitrogen and oxygen atoms in total. The lowest BCUT2D eigenvalue weighted by Gasteiger charge is -2.32. The molecule has 1 saturated heterocycles. The maximum atomic E-state index is 13.8. The van der Waals surface area contributed by atoms with E-state index in [1.807, 2.05) is 0 Å². The molecule has 0 aromatic heterocycles. The highest BCUT2D eigenvalue weighted by molar-refractivity contribution is 5.98. The Morgan fingerprint density at radius 1 is 1.04 bits per heavy atom. The van der Waals surface area contributed by atoms with E-state index in [1.54, 1.807) is 57.2 Å². The molecule has 286 valence electrons. The maximum Gasteiger partial charge on any atom is 0.339 e. The van der Waals surface area contributed by atoms with Gasteiger partial charge in [-0.25, -0.2) is 4.79 Å². The Labute approximate surface area is 303 Å². The van der Waals surface area contributed by atoms with Gasteiger partial charge in [0.25, 0.3) is 0 Å². The van der Waals surface area contributed by atoms with Crippen molar-refractivity contribution < 1.29 is 58.2 Å². The molecular weight excluding hydrogens is 676 g/mol. The van der Waals surface area contributed by atoms with Crippen molar-refractivity contribution in [3.8, 4) is 0 Å². The average Bonchev–Trinajstić information content (AvgIpc) is 4.04. The SMILES string of the molecule is C[C@H](O)[C@@H](NC(=O)C1=C[C@H]2OC(C3CC3)(C3CC3)O[C@H]2[C@H](OC(=O)c2ccccc2C=COCCO)C1)C(=O)N[C@H](CO)CCC(=O)OC(C)(C)C. The third kappa shape index (κ3) is 9.98. The fourth-order valence-electron chi connectivity index (χ4n) is 6.66. The molecule has 3 aliphatic carbocycles. The number of hydrogen-bond donors (Lipinski definition) is 5. The molecule has 4 aliphatic rings. The largest absolute Gasteiger partial charge is 0.499 e. The van der Waals surface area contributed by atoms with Gasteiger partial charge in [0.05, 0.1) is 37.2 Å². The lowest BCUT2D eigenvalue weighted by atomic mass is 9.91. The Balaban J connectivity index is 1.31. The van der Waals surface area contributed by atoms with Crippen LogP contribution in [-0.4, -0.2) is 107 Å². The first kappa shape index (κ1) is 39.4. The van der Waals surface area contributed by atoms with Crippen LogP contribution < -0.4 is 10.6 Å². The third-order valence-corrected chi connectivity index (χ3v) is 9.43. The van der Waals surface area contributed by atoms with Crippen molar-refractivity contribution in [1.29, 1.82) is 0 Å². The van der Waals surface area contributed by atoms with E-state index in [0.29, 0.717) is 5.56 Å². The number of esters is 2. The Morgan fingerprint density at radius 3 is 2.35 bits per heavy atom. The highest BCUT2D eigenvalue weighted by atomic mass is 16.8. The highest BCUT2D eigenvalue weighted by Crippen LogP contribution is 2.59. The Morgan fingerprint density at radius 2 is 1.73 bits per heavy atom. The Bertz CT molecular complexity index is 1500. The van der Waals surface area contributed by atoms with Gasteiger partial charge < -0.3 is 49.6 Å². The number of nitrogens with one attached hydrogen (secondary N) is 2. The zero-order valence-corrected chi connectivity index (χ0v) is 30.2. The monoisotopic (exact) mass is 728 g/mol. The fraction of sp³-hybridized carbons (Fsp3) is 0.632. The average molecular weight is 729 g/mol. The van der Waals surface area contributed by atoms with Gasteiger partial charge in [0.15, 0.2) is 5.79 Å². The van der Waals surface area contributed by atoms with Crippen molar-refractivity contribution in [2.45, 2.75) is 121 Å². The van der Waals surface area contributed by atoms with Gasteiger partial charge in [-0.05, 0) is 83.6 Å². The third-order valence-electron chi connectivity index (χ3n) is 9.43. The lowest BCUT2D eigenvalue weighted by Crippen LogP contribution is -2.55. The van der Waals surface area contributed by atoms with E-state index < -0.39 is 78.2 Å². The van der Waals surface area contributed by atoms with E-state index in [1.165, 1.54) is 13.2 Å². The van der Waals surface area contributed by atoms with Gasteiger partial charge in [0, 0.05) is 30.3 Å². The molecule has 1 heterocycles. The fourth-order valence-corrected chi connectivity index (χ4v) is 6.66. The van der Waals surface area contributed by atoms with Crippen LogP contribution in [0.2, 0.25) is 0 Å². The standard InChI is InChI=1S/C38H52N2O12/c1-22(43)32(35(46)39-27(21-42)13-14-31(44)51-37(2,3)4)40-34(45)24-19-29(33-30(20-24)50-38(52-33,25-9-10-25)26-11-12-26)49-36(47)28-8-6-5-7-23(28)15-17-48-18-16-41/h5-8,15,17,20,22,25-27,29-30,32-33,41-43H,9-14,16,18-19,21H2,1-4H3,(H,39,46)(H,40,45)/t22-,27-,29+,30+,32+,33-/m0/s1. The van der Waals surface area contributed by atoms with Crippen LogP contribution in [0.3, 0.4) is 0 Å².